The molecule has 73 heavy (non-hydrogen) atoms. The summed E-state index contributed by atoms with van der Waals surface area (Å²) < 4.78 is 5.47. The van der Waals surface area contributed by atoms with Crippen molar-refractivity contribution in [2.24, 2.45) is 0 Å². The monoisotopic (exact) mass is 1020 g/mol. The lowest BCUT2D eigenvalue weighted by Gasteiger charge is -2.20. The van der Waals surface area contributed by atoms with Crippen LogP contribution in [0, 0.1) is 0 Å². The van der Waals surface area contributed by atoms with Crippen molar-refractivity contribution in [1.29, 1.82) is 0 Å². The maximum atomic E-state index is 12.5. The van der Waals surface area contributed by atoms with Gasteiger partial charge >= 0.3 is 5.97 Å². The highest BCUT2D eigenvalue weighted by Crippen LogP contribution is 2.17. The van der Waals surface area contributed by atoms with Crippen molar-refractivity contribution in [1.82, 2.24) is 5.32 Å². The van der Waals surface area contributed by atoms with Gasteiger partial charge in [0.1, 0.15) is 0 Å². The lowest BCUT2D eigenvalue weighted by molar-refractivity contribution is -0.143. The third-order valence-corrected chi connectivity index (χ3v) is 14.8. The van der Waals surface area contributed by atoms with Gasteiger partial charge in [0.05, 0.1) is 25.4 Å². The average molecular weight is 1020 g/mol. The van der Waals surface area contributed by atoms with E-state index >= 15 is 0 Å². The van der Waals surface area contributed by atoms with Crippen LogP contribution in [0.15, 0.2) is 48.6 Å². The summed E-state index contributed by atoms with van der Waals surface area (Å²) in [6.45, 7) is 4.86. The molecular formula is C67H125NO5. The number of aliphatic hydroxyl groups excluding tert-OH is 2. The number of rotatable bonds is 60. The smallest absolute Gasteiger partial charge is 0.305 e. The molecule has 0 aliphatic rings. The van der Waals surface area contributed by atoms with Crippen LogP contribution < -0.4 is 5.32 Å². The van der Waals surface area contributed by atoms with Gasteiger partial charge in [0.15, 0.2) is 0 Å². The van der Waals surface area contributed by atoms with Gasteiger partial charge in [-0.05, 0) is 89.9 Å². The summed E-state index contributed by atoms with van der Waals surface area (Å²) >= 11 is 0. The summed E-state index contributed by atoms with van der Waals surface area (Å²) in [5.74, 6) is -0.111. The Morgan fingerprint density at radius 2 is 0.685 bits per heavy atom. The molecule has 0 rings (SSSR count). The molecule has 0 saturated carbocycles. The number of allylic oxidation sites excluding steroid dienone is 7. The molecular weight excluding hydrogens is 899 g/mol. The summed E-state index contributed by atoms with van der Waals surface area (Å²) in [5.41, 5.74) is 0. The summed E-state index contributed by atoms with van der Waals surface area (Å²) in [7, 11) is 0. The molecule has 0 heterocycles. The van der Waals surface area contributed by atoms with E-state index in [9.17, 15) is 19.8 Å². The molecule has 3 N–H and O–H groups in total. The Morgan fingerprint density at radius 1 is 0.384 bits per heavy atom. The maximum absolute atomic E-state index is 12.5. The van der Waals surface area contributed by atoms with E-state index in [4.69, 9.17) is 4.74 Å². The highest BCUT2D eigenvalue weighted by atomic mass is 16.5. The van der Waals surface area contributed by atoms with E-state index in [-0.39, 0.29) is 18.5 Å². The first-order valence-electron chi connectivity index (χ1n) is 32.4. The predicted octanol–water partition coefficient (Wildman–Crippen LogP) is 20.5. The number of ether oxygens (including phenoxy) is 1. The highest BCUT2D eigenvalue weighted by molar-refractivity contribution is 5.76. The largest absolute Gasteiger partial charge is 0.466 e. The molecule has 2 unspecified atom stereocenters. The van der Waals surface area contributed by atoms with E-state index in [1.54, 1.807) is 6.08 Å². The number of unbranched alkanes of at least 4 members (excludes halogenated alkanes) is 44. The van der Waals surface area contributed by atoms with Crippen molar-refractivity contribution in [3.05, 3.63) is 48.6 Å². The van der Waals surface area contributed by atoms with Gasteiger partial charge in [0, 0.05) is 12.8 Å². The van der Waals surface area contributed by atoms with Crippen LogP contribution >= 0.6 is 0 Å². The number of hydrogen-bond acceptors (Lipinski definition) is 5. The zero-order valence-electron chi connectivity index (χ0n) is 48.9. The van der Waals surface area contributed by atoms with Crippen molar-refractivity contribution in [3.63, 3.8) is 0 Å². The summed E-state index contributed by atoms with van der Waals surface area (Å²) in [6, 6.07) is -0.647. The Kier molecular flexibility index (Phi) is 60.5. The van der Waals surface area contributed by atoms with Crippen LogP contribution in [0.1, 0.15) is 341 Å². The third-order valence-electron chi connectivity index (χ3n) is 14.8. The topological polar surface area (TPSA) is 95.9 Å². The highest BCUT2D eigenvalue weighted by Gasteiger charge is 2.18. The van der Waals surface area contributed by atoms with Crippen LogP contribution in [-0.4, -0.2) is 47.4 Å². The number of carbonyl (C=O) groups excluding carboxylic acids is 2. The molecule has 2 atom stereocenters. The minimum absolute atomic E-state index is 0.0230. The van der Waals surface area contributed by atoms with E-state index in [1.807, 2.05) is 6.08 Å². The Balaban J connectivity index is 3.53. The number of carbonyl (C=O) groups is 2. The van der Waals surface area contributed by atoms with Crippen molar-refractivity contribution in [2.45, 2.75) is 353 Å². The molecule has 0 aromatic heterocycles. The minimum atomic E-state index is -0.861. The Morgan fingerprint density at radius 3 is 1.05 bits per heavy atom. The van der Waals surface area contributed by atoms with Crippen LogP contribution in [0.4, 0.5) is 0 Å². The van der Waals surface area contributed by atoms with Gasteiger partial charge < -0.3 is 20.3 Å². The summed E-state index contributed by atoms with van der Waals surface area (Å²) in [5, 5.41) is 23.2. The average Bonchev–Trinajstić information content (AvgIpc) is 3.39. The Bertz CT molecular complexity index is 1230. The lowest BCUT2D eigenvalue weighted by atomic mass is 10.0. The van der Waals surface area contributed by atoms with Crippen molar-refractivity contribution in [3.8, 4) is 0 Å². The molecule has 6 nitrogen and oxygen atoms in total. The fourth-order valence-corrected chi connectivity index (χ4v) is 9.86. The van der Waals surface area contributed by atoms with Crippen LogP contribution in [0.25, 0.3) is 0 Å². The number of aliphatic hydroxyl groups is 2. The fraction of sp³-hybridized carbons (Fsp3) is 0.851. The molecule has 0 radical (unpaired) electrons. The van der Waals surface area contributed by atoms with E-state index in [1.165, 1.54) is 238 Å². The molecule has 0 aromatic rings. The van der Waals surface area contributed by atoms with Crippen molar-refractivity contribution >= 4 is 11.9 Å². The van der Waals surface area contributed by atoms with E-state index in [2.05, 4.69) is 55.6 Å². The second kappa shape index (κ2) is 62.4. The van der Waals surface area contributed by atoms with Crippen LogP contribution in [0.3, 0.4) is 0 Å². The zero-order valence-corrected chi connectivity index (χ0v) is 48.9. The Labute approximate surface area is 455 Å². The van der Waals surface area contributed by atoms with Crippen LogP contribution in [-0.2, 0) is 14.3 Å². The molecule has 0 fully saturated rings. The van der Waals surface area contributed by atoms with E-state index in [0.29, 0.717) is 19.4 Å². The molecule has 0 saturated heterocycles. The van der Waals surface area contributed by atoms with Gasteiger partial charge in [0.25, 0.3) is 0 Å². The third kappa shape index (κ3) is 58.9. The number of hydrogen-bond donors (Lipinski definition) is 3. The molecule has 0 aliphatic carbocycles. The first-order valence-corrected chi connectivity index (χ1v) is 32.4. The first-order chi connectivity index (χ1) is 36.0. The number of esters is 1. The van der Waals surface area contributed by atoms with Gasteiger partial charge in [-0.2, -0.15) is 0 Å². The standard InChI is InChI=1S/C67H125NO5/c1-3-5-7-9-11-13-15-17-19-21-23-24-25-27-28-31-35-39-43-47-51-55-59-65(70)64(63-69)68-66(71)60-56-52-48-44-40-36-32-30-34-38-42-46-50-54-58-62-73-67(72)61-57-53-49-45-41-37-33-29-26-22-20-18-16-14-12-10-8-6-4-2/h18,20,30,34,38,42,55,59,64-65,69-70H,3-17,19,21-29,31-33,35-37,39-41,43-54,56-58,60-63H2,1-2H3,(H,68,71)/b20-18-,34-30-,42-38-,59-55+. The van der Waals surface area contributed by atoms with Gasteiger partial charge in [-0.3, -0.25) is 9.59 Å². The fourth-order valence-electron chi connectivity index (χ4n) is 9.86. The number of nitrogens with one attached hydrogen (secondary N) is 1. The molecule has 1 amide bonds. The van der Waals surface area contributed by atoms with Crippen molar-refractivity contribution < 1.29 is 24.5 Å². The van der Waals surface area contributed by atoms with Gasteiger partial charge in [-0.25, -0.2) is 0 Å². The van der Waals surface area contributed by atoms with E-state index < -0.39 is 12.1 Å². The quantitative estimate of drug-likeness (QED) is 0.0244. The molecule has 0 aromatic carbocycles. The zero-order chi connectivity index (χ0) is 52.9. The second-order valence-corrected chi connectivity index (χ2v) is 22.1. The van der Waals surface area contributed by atoms with Gasteiger partial charge in [-0.1, -0.05) is 287 Å². The minimum Gasteiger partial charge on any atom is -0.466 e. The molecule has 0 aliphatic heterocycles. The molecule has 428 valence electrons. The normalized spacial score (nSPS) is 12.9. The number of amides is 1. The summed E-state index contributed by atoms with van der Waals surface area (Å²) in [6.07, 6.45) is 80.1. The van der Waals surface area contributed by atoms with Crippen molar-refractivity contribution in [2.75, 3.05) is 13.2 Å². The van der Waals surface area contributed by atoms with Crippen LogP contribution in [0.5, 0.6) is 0 Å². The van der Waals surface area contributed by atoms with Gasteiger partial charge in [-0.15, -0.1) is 0 Å². The van der Waals surface area contributed by atoms with Gasteiger partial charge in [0.2, 0.25) is 5.91 Å². The molecule has 0 bridgehead atoms. The SMILES string of the molecule is CCCCCCCC/C=C\CCCCCCCCCCCC(=O)OCCCCC/C=C\C=C/CCCCCCCCC(=O)NC(CO)C(O)/C=C/CCCCCCCCCCCCCCCCCCCCCC. The van der Waals surface area contributed by atoms with Crippen LogP contribution in [0.2, 0.25) is 0 Å². The van der Waals surface area contributed by atoms with E-state index in [0.717, 1.165) is 77.0 Å². The lowest BCUT2D eigenvalue weighted by Crippen LogP contribution is -2.45. The first kappa shape index (κ1) is 70.8. The Hall–Kier alpha value is -2.18. The molecule has 0 spiro atoms. The maximum Gasteiger partial charge on any atom is 0.305 e. The summed E-state index contributed by atoms with van der Waals surface area (Å²) in [4.78, 5) is 24.6. The second-order valence-electron chi connectivity index (χ2n) is 22.1. The molecule has 6 heteroatoms. The predicted molar refractivity (Wildman–Crippen MR) is 319 cm³/mol.